The minimum Gasteiger partial charge on any atom is -0.675 e. The van der Waals surface area contributed by atoms with Crippen molar-refractivity contribution in [2.75, 3.05) is 0 Å². The summed E-state index contributed by atoms with van der Waals surface area (Å²) in [5.41, 5.74) is -5.32. The Morgan fingerprint density at radius 2 is 1.25 bits per heavy atom. The van der Waals surface area contributed by atoms with Gasteiger partial charge in [-0.1, -0.05) is 68.5 Å². The molecular formula is C43H50CoN4O16. The monoisotopic (exact) mass is 937 g/mol. The van der Waals surface area contributed by atoms with E-state index in [0.29, 0.717) is 0 Å². The molecule has 0 aromatic carbocycles. The second kappa shape index (κ2) is 18.9. The van der Waals surface area contributed by atoms with Gasteiger partial charge in [0.1, 0.15) is 0 Å². The smallest absolute Gasteiger partial charge is 0.675 e. The molecule has 5 aliphatic rings. The van der Waals surface area contributed by atoms with Gasteiger partial charge in [0.15, 0.2) is 0 Å². The average Bonchev–Trinajstić information content (AvgIpc) is 3.73. The molecule has 5 aliphatic heterocycles. The van der Waals surface area contributed by atoms with Crippen molar-refractivity contribution in [3.05, 3.63) is 68.0 Å². The molecule has 0 saturated carbocycles. The molecule has 5 heterocycles. The number of carboxylic acids is 8. The third kappa shape index (κ3) is 10.1. The van der Waals surface area contributed by atoms with E-state index in [2.05, 4.69) is 0 Å². The molecule has 0 aromatic rings. The summed E-state index contributed by atoms with van der Waals surface area (Å²) in [4.78, 5) is 109. The van der Waals surface area contributed by atoms with E-state index in [1.165, 1.54) is 26.0 Å². The summed E-state index contributed by atoms with van der Waals surface area (Å²) >= 11 is 0. The van der Waals surface area contributed by atoms with Gasteiger partial charge in [-0.15, -0.1) is 11.4 Å². The van der Waals surface area contributed by atoms with Gasteiger partial charge in [0.2, 0.25) is 0 Å². The van der Waals surface area contributed by atoms with E-state index in [-0.39, 0.29) is 106 Å². The first-order valence-electron chi connectivity index (χ1n) is 20.2. The molecule has 347 valence electrons. The summed E-state index contributed by atoms with van der Waals surface area (Å²) in [6.07, 6.45) is -2.97. The first-order valence-corrected chi connectivity index (χ1v) is 20.2. The standard InChI is InChI=1S/C43H52N4O16.Co/c1-40(12-11-33(54)55)24(14-35(58)59)38-39-42(3,19-37(62)63)21(6-9-31(50)51)26(45-39)16-29-41(2,18-36(60)61)22(7-10-32(52)53)27(44-29)17-43(4)23(13-34(56)57)20(5-8-30(48)49)25(47-43)15-28(40)46-38;/h15-16,21,24H,5-14,17-19H2,1-4H3,(H10,44,45,46,47,48,49,50,51,52,53,54,55,56,57,58,59,60,61,62,63);/q;+2/p-2/b39-38-;/t21-,24+,40-,41+,42+,43+;/m1./s1. The molecule has 0 fully saturated rings. The van der Waals surface area contributed by atoms with Gasteiger partial charge >= 0.3 is 64.5 Å². The largest absolute Gasteiger partial charge is 2.00 e. The Labute approximate surface area is 376 Å². The first-order chi connectivity index (χ1) is 29.2. The van der Waals surface area contributed by atoms with E-state index in [0.717, 1.165) is 0 Å². The summed E-state index contributed by atoms with van der Waals surface area (Å²) in [7, 11) is 0. The number of nitrogens with zero attached hydrogens (tertiary/aromatic N) is 4. The van der Waals surface area contributed by atoms with Gasteiger partial charge in [0, 0.05) is 65.2 Å². The zero-order valence-electron chi connectivity index (χ0n) is 35.5. The Morgan fingerprint density at radius 1 is 0.656 bits per heavy atom. The number of carbonyl (C=O) groups is 8. The number of carboxylic acid groups (broad SMARTS) is 8. The Bertz CT molecular complexity index is 2310. The van der Waals surface area contributed by atoms with Crippen LogP contribution in [0.1, 0.15) is 111 Å². The van der Waals surface area contributed by atoms with Crippen LogP contribution in [-0.4, -0.2) is 106 Å². The van der Waals surface area contributed by atoms with Crippen LogP contribution in [0, 0.1) is 28.1 Å². The maximum absolute atomic E-state index is 12.8. The minimum absolute atomic E-state index is 0. The van der Waals surface area contributed by atoms with E-state index in [1.807, 2.05) is 0 Å². The molecule has 0 unspecified atom stereocenters. The minimum atomic E-state index is -1.63. The number of hydrogen-bond donors (Lipinski definition) is 8. The third-order valence-electron chi connectivity index (χ3n) is 13.1. The van der Waals surface area contributed by atoms with Gasteiger partial charge in [0.05, 0.1) is 37.1 Å². The Morgan fingerprint density at radius 3 is 1.80 bits per heavy atom. The van der Waals surface area contributed by atoms with Gasteiger partial charge < -0.3 is 51.5 Å². The van der Waals surface area contributed by atoms with Crippen LogP contribution in [-0.2, 0) is 55.1 Å². The fourth-order valence-corrected chi connectivity index (χ4v) is 9.96. The van der Waals surface area contributed by atoms with Crippen molar-refractivity contribution in [3.8, 4) is 0 Å². The molecule has 5 rings (SSSR count). The third-order valence-corrected chi connectivity index (χ3v) is 13.1. The predicted octanol–water partition coefficient (Wildman–Crippen LogP) is 5.97. The van der Waals surface area contributed by atoms with Crippen molar-refractivity contribution in [2.45, 2.75) is 117 Å². The molecule has 0 spiro atoms. The molecular weight excluding hydrogens is 887 g/mol. The first kappa shape index (κ1) is 50.6. The van der Waals surface area contributed by atoms with Crippen LogP contribution >= 0.6 is 0 Å². The predicted molar refractivity (Wildman–Crippen MR) is 220 cm³/mol. The quantitative estimate of drug-likeness (QED) is 0.0697. The zero-order valence-corrected chi connectivity index (χ0v) is 36.5. The molecule has 1 radical (unpaired) electrons. The van der Waals surface area contributed by atoms with Gasteiger partial charge in [0.25, 0.3) is 0 Å². The van der Waals surface area contributed by atoms with E-state index in [9.17, 15) is 79.2 Å². The zero-order chi connectivity index (χ0) is 47.0. The van der Waals surface area contributed by atoms with Crippen molar-refractivity contribution in [1.29, 1.82) is 0 Å². The molecule has 64 heavy (non-hydrogen) atoms. The molecule has 8 N–H and O–H groups in total. The molecule has 0 saturated heterocycles. The Hall–Kier alpha value is -6.09. The second-order valence-corrected chi connectivity index (χ2v) is 17.6. The number of allylic oxidation sites excluding steroid dienone is 6. The van der Waals surface area contributed by atoms with E-state index in [4.69, 9.17) is 20.6 Å². The number of rotatable bonds is 20. The SMILES string of the molecule is C[C@@]1(CC(=O)O)C2=CC3=N/C(=C4N=C(/C=C5\[N-][C@@](C)(CC(=C1CCC(=O)O)[N-]2)C(CC(=O)O)=C5CCC(=O)O)[C@](C)(CCC(=O)O)[C@H]\4CC(=O)O)[C@@](C)(CC(=O)O)[C@@H]3CCC(=O)O.[Co+2]. The number of fused-ring (bicyclic) bond motifs is 6. The van der Waals surface area contributed by atoms with Crippen LogP contribution in [0.2, 0.25) is 0 Å². The van der Waals surface area contributed by atoms with Crippen LogP contribution < -0.4 is 0 Å². The van der Waals surface area contributed by atoms with Crippen LogP contribution in [0.4, 0.5) is 0 Å². The van der Waals surface area contributed by atoms with Crippen molar-refractivity contribution in [2.24, 2.45) is 38.1 Å². The van der Waals surface area contributed by atoms with E-state index < -0.39 is 133 Å². The van der Waals surface area contributed by atoms with Crippen LogP contribution in [0.15, 0.2) is 67.3 Å². The molecule has 0 aliphatic carbocycles. The van der Waals surface area contributed by atoms with Crippen molar-refractivity contribution in [3.63, 3.8) is 0 Å². The normalized spacial score (nSPS) is 30.0. The van der Waals surface area contributed by atoms with E-state index >= 15 is 0 Å². The number of aliphatic imine (C=N–C) groups is 2. The molecule has 0 amide bonds. The Kier molecular flexibility index (Phi) is 15.0. The van der Waals surface area contributed by atoms with Crippen molar-refractivity contribution >= 4 is 59.2 Å². The average molecular weight is 938 g/mol. The van der Waals surface area contributed by atoms with Crippen LogP contribution in [0.5, 0.6) is 0 Å². The second-order valence-electron chi connectivity index (χ2n) is 17.6. The number of aliphatic carboxylic acids is 8. The van der Waals surface area contributed by atoms with Crippen LogP contribution in [0.25, 0.3) is 10.6 Å². The fourth-order valence-electron chi connectivity index (χ4n) is 9.96. The summed E-state index contributed by atoms with van der Waals surface area (Å²) in [6, 6.07) is 0. The van der Waals surface area contributed by atoms with Gasteiger partial charge in [-0.2, -0.15) is 5.70 Å². The van der Waals surface area contributed by atoms with Crippen LogP contribution in [0.3, 0.4) is 0 Å². The van der Waals surface area contributed by atoms with Crippen molar-refractivity contribution < 1.29 is 96.0 Å². The maximum Gasteiger partial charge on any atom is 2.00 e. The Balaban J connectivity index is 0.00000898. The maximum atomic E-state index is 12.8. The molecule has 21 heteroatoms. The summed E-state index contributed by atoms with van der Waals surface area (Å²) < 4.78 is 0. The van der Waals surface area contributed by atoms with Gasteiger partial charge in [-0.05, 0) is 25.7 Å². The molecule has 6 atom stereocenters. The van der Waals surface area contributed by atoms with Crippen molar-refractivity contribution in [1.82, 2.24) is 0 Å². The topological polar surface area (TPSA) is 351 Å². The molecule has 8 bridgehead atoms. The summed E-state index contributed by atoms with van der Waals surface area (Å²) in [5, 5.41) is 90.7. The molecule has 20 nitrogen and oxygen atoms in total. The van der Waals surface area contributed by atoms with Gasteiger partial charge in [-0.25, -0.2) is 0 Å². The summed E-state index contributed by atoms with van der Waals surface area (Å²) in [6.45, 7) is 6.19. The van der Waals surface area contributed by atoms with Gasteiger partial charge in [-0.3, -0.25) is 48.3 Å². The van der Waals surface area contributed by atoms with E-state index in [1.54, 1.807) is 13.8 Å². The summed E-state index contributed by atoms with van der Waals surface area (Å²) in [5.74, 6) is -12.5. The fraction of sp³-hybridized carbons (Fsp3) is 0.535. The number of hydrogen-bond acceptors (Lipinski definition) is 10. The molecule has 0 aromatic heterocycles.